The van der Waals surface area contributed by atoms with Crippen LogP contribution in [-0.4, -0.2) is 20.3 Å². The Morgan fingerprint density at radius 2 is 1.96 bits per heavy atom. The maximum atomic E-state index is 12.9. The molecular weight excluding hydrogens is 418 g/mol. The van der Waals surface area contributed by atoms with E-state index >= 15 is 0 Å². The largest absolute Gasteiger partial charge is 0.348 e. The number of carbonyl (C=O) groups is 1. The predicted octanol–water partition coefficient (Wildman–Crippen LogP) is 4.56. The molecule has 2 heterocycles. The maximum absolute atomic E-state index is 12.9. The minimum atomic E-state index is -2.70. The third kappa shape index (κ3) is 4.27. The molecule has 0 spiro atoms. The van der Waals surface area contributed by atoms with E-state index in [2.05, 4.69) is 26.3 Å². The van der Waals surface area contributed by atoms with Gasteiger partial charge in [-0.25, -0.2) is 8.78 Å². The van der Waals surface area contributed by atoms with E-state index in [-0.39, 0.29) is 28.7 Å². The number of hydrogen-bond acceptors (Lipinski definition) is 2. The number of nitrogens with zero attached hydrogens (tertiary/aromatic N) is 3. The highest BCUT2D eigenvalue weighted by Gasteiger charge is 2.21. The molecule has 2 aromatic heterocycles. The highest BCUT2D eigenvalue weighted by atomic mass is 79.9. The van der Waals surface area contributed by atoms with Crippen LogP contribution in [0.2, 0.25) is 0 Å². The van der Waals surface area contributed by atoms with Gasteiger partial charge in [0.05, 0.1) is 16.2 Å². The van der Waals surface area contributed by atoms with Crippen LogP contribution < -0.4 is 5.32 Å². The molecule has 1 unspecified atom stereocenters. The second-order valence-corrected chi connectivity index (χ2v) is 7.01. The summed E-state index contributed by atoms with van der Waals surface area (Å²) in [6.45, 7) is 3.39. The Bertz CT molecular complexity index is 937. The molecule has 1 amide bonds. The number of alkyl halides is 2. The van der Waals surface area contributed by atoms with Gasteiger partial charge < -0.3 is 9.88 Å². The van der Waals surface area contributed by atoms with Crippen LogP contribution >= 0.6 is 15.9 Å². The number of hydrogen-bond donors (Lipinski definition) is 1. The predicted molar refractivity (Wildman–Crippen MR) is 102 cm³/mol. The van der Waals surface area contributed by atoms with E-state index in [1.807, 2.05) is 60.3 Å². The van der Waals surface area contributed by atoms with Crippen LogP contribution in [0.15, 0.2) is 53.3 Å². The Labute approximate surface area is 164 Å². The van der Waals surface area contributed by atoms with E-state index in [0.717, 1.165) is 11.3 Å². The molecule has 0 aliphatic carbocycles. The summed E-state index contributed by atoms with van der Waals surface area (Å²) in [5.74, 6) is -0.298. The van der Waals surface area contributed by atoms with E-state index in [1.165, 1.54) is 4.68 Å². The van der Waals surface area contributed by atoms with E-state index in [4.69, 9.17) is 0 Å². The van der Waals surface area contributed by atoms with Crippen molar-refractivity contribution < 1.29 is 13.6 Å². The summed E-state index contributed by atoms with van der Waals surface area (Å²) in [6.07, 6.45) is 1.19. The standard InChI is InChI=1S/C19H19BrF2N4O/c1-12(14-6-5-7-15(10-14)25-8-3-4-9-25)23-16(27)11-26-13(2)17(20)18(24-26)19(21)22/h3-10,12,19H,11H2,1-2H3,(H,23,27). The molecule has 3 aromatic rings. The fourth-order valence-electron chi connectivity index (χ4n) is 2.81. The lowest BCUT2D eigenvalue weighted by Gasteiger charge is -2.16. The second-order valence-electron chi connectivity index (χ2n) is 6.22. The Hall–Kier alpha value is -2.48. The number of rotatable bonds is 6. The van der Waals surface area contributed by atoms with Crippen molar-refractivity contribution in [3.8, 4) is 5.69 Å². The van der Waals surface area contributed by atoms with Crippen molar-refractivity contribution in [2.24, 2.45) is 0 Å². The monoisotopic (exact) mass is 436 g/mol. The fraction of sp³-hybridized carbons (Fsp3) is 0.263. The van der Waals surface area contributed by atoms with E-state index < -0.39 is 6.43 Å². The highest BCUT2D eigenvalue weighted by Crippen LogP contribution is 2.29. The molecule has 0 aliphatic rings. The lowest BCUT2D eigenvalue weighted by atomic mass is 10.1. The van der Waals surface area contributed by atoms with Crippen LogP contribution in [0, 0.1) is 6.92 Å². The molecular formula is C19H19BrF2N4O. The summed E-state index contributed by atoms with van der Waals surface area (Å²) in [5.41, 5.74) is 2.07. The Morgan fingerprint density at radius 3 is 2.59 bits per heavy atom. The van der Waals surface area contributed by atoms with E-state index in [9.17, 15) is 13.6 Å². The summed E-state index contributed by atoms with van der Waals surface area (Å²) >= 11 is 3.11. The first-order chi connectivity index (χ1) is 12.9. The zero-order chi connectivity index (χ0) is 19.6. The lowest BCUT2D eigenvalue weighted by molar-refractivity contribution is -0.122. The van der Waals surface area contributed by atoms with Crippen molar-refractivity contribution >= 4 is 21.8 Å². The minimum absolute atomic E-state index is 0.126. The first-order valence-electron chi connectivity index (χ1n) is 8.40. The molecule has 0 fully saturated rings. The minimum Gasteiger partial charge on any atom is -0.348 e. The number of amides is 1. The summed E-state index contributed by atoms with van der Waals surface area (Å²) in [5, 5.41) is 6.72. The molecule has 1 N–H and O–H groups in total. The van der Waals surface area contributed by atoms with Crippen LogP contribution in [0.1, 0.15) is 36.3 Å². The molecule has 0 aliphatic heterocycles. The molecule has 142 valence electrons. The number of aromatic nitrogens is 3. The summed E-state index contributed by atoms with van der Waals surface area (Å²) in [6, 6.07) is 11.5. The van der Waals surface area contributed by atoms with E-state index in [0.29, 0.717) is 5.69 Å². The van der Waals surface area contributed by atoms with Gasteiger partial charge in [-0.1, -0.05) is 12.1 Å². The molecule has 0 saturated heterocycles. The average Bonchev–Trinajstić information content (AvgIpc) is 3.26. The average molecular weight is 437 g/mol. The van der Waals surface area contributed by atoms with Gasteiger partial charge in [-0.3, -0.25) is 9.48 Å². The molecule has 0 radical (unpaired) electrons. The van der Waals surface area contributed by atoms with Crippen molar-refractivity contribution in [2.75, 3.05) is 0 Å². The maximum Gasteiger partial charge on any atom is 0.283 e. The summed E-state index contributed by atoms with van der Waals surface area (Å²) in [7, 11) is 0. The lowest BCUT2D eigenvalue weighted by Crippen LogP contribution is -2.30. The smallest absolute Gasteiger partial charge is 0.283 e. The molecule has 8 heteroatoms. The molecule has 0 saturated carbocycles. The van der Waals surface area contributed by atoms with Crippen molar-refractivity contribution in [1.82, 2.24) is 19.7 Å². The topological polar surface area (TPSA) is 51.9 Å². The summed E-state index contributed by atoms with van der Waals surface area (Å²) < 4.78 is 29.4. The zero-order valence-corrected chi connectivity index (χ0v) is 16.5. The van der Waals surface area contributed by atoms with E-state index in [1.54, 1.807) is 6.92 Å². The molecule has 1 aromatic carbocycles. The Morgan fingerprint density at radius 1 is 1.26 bits per heavy atom. The number of nitrogens with one attached hydrogen (secondary N) is 1. The molecule has 3 rings (SSSR count). The normalized spacial score (nSPS) is 12.4. The Balaban J connectivity index is 1.70. The molecule has 5 nitrogen and oxygen atoms in total. The van der Waals surface area contributed by atoms with Gasteiger partial charge in [-0.05, 0) is 59.6 Å². The van der Waals surface area contributed by atoms with Gasteiger partial charge in [-0.15, -0.1) is 0 Å². The van der Waals surface area contributed by atoms with Crippen molar-refractivity contribution in [3.63, 3.8) is 0 Å². The number of halogens is 3. The summed E-state index contributed by atoms with van der Waals surface area (Å²) in [4.78, 5) is 12.4. The molecule has 27 heavy (non-hydrogen) atoms. The quantitative estimate of drug-likeness (QED) is 0.615. The van der Waals surface area contributed by atoms with Gasteiger partial charge in [0.15, 0.2) is 0 Å². The molecule has 0 bridgehead atoms. The van der Waals surface area contributed by atoms with Crippen LogP contribution in [0.5, 0.6) is 0 Å². The van der Waals surface area contributed by atoms with Crippen LogP contribution in [-0.2, 0) is 11.3 Å². The number of carbonyl (C=O) groups excluding carboxylic acids is 1. The fourth-order valence-corrected chi connectivity index (χ4v) is 3.27. The first kappa shape index (κ1) is 19.3. The Kier molecular flexibility index (Phi) is 5.74. The van der Waals surface area contributed by atoms with Crippen LogP contribution in [0.3, 0.4) is 0 Å². The van der Waals surface area contributed by atoms with Gasteiger partial charge in [0.2, 0.25) is 5.91 Å². The van der Waals surface area contributed by atoms with Gasteiger partial charge in [0, 0.05) is 18.1 Å². The van der Waals surface area contributed by atoms with Crippen molar-refractivity contribution in [3.05, 3.63) is 70.2 Å². The SMILES string of the molecule is Cc1c(Br)c(C(F)F)nn1CC(=O)NC(C)c1cccc(-n2cccc2)c1. The highest BCUT2D eigenvalue weighted by molar-refractivity contribution is 9.10. The third-order valence-corrected chi connectivity index (χ3v) is 5.29. The second kappa shape index (κ2) is 8.04. The van der Waals surface area contributed by atoms with Gasteiger partial charge >= 0.3 is 0 Å². The van der Waals surface area contributed by atoms with Gasteiger partial charge in [-0.2, -0.15) is 5.10 Å². The van der Waals surface area contributed by atoms with Crippen LogP contribution in [0.25, 0.3) is 5.69 Å². The van der Waals surface area contributed by atoms with Crippen molar-refractivity contribution in [1.29, 1.82) is 0 Å². The number of benzene rings is 1. The van der Waals surface area contributed by atoms with Gasteiger partial charge in [0.25, 0.3) is 6.43 Å². The van der Waals surface area contributed by atoms with Crippen LogP contribution in [0.4, 0.5) is 8.78 Å². The molecule has 1 atom stereocenters. The van der Waals surface area contributed by atoms with Gasteiger partial charge in [0.1, 0.15) is 12.2 Å². The zero-order valence-electron chi connectivity index (χ0n) is 14.9. The van der Waals surface area contributed by atoms with Crippen molar-refractivity contribution in [2.45, 2.75) is 32.9 Å². The first-order valence-corrected chi connectivity index (χ1v) is 9.19. The third-order valence-electron chi connectivity index (χ3n) is 4.31.